The molecule has 1 N–H and O–H groups in total. The number of hydrogen-bond acceptors (Lipinski definition) is 4. The Bertz CT molecular complexity index is 314. The van der Waals surface area contributed by atoms with E-state index in [-0.39, 0.29) is 6.09 Å². The largest absolute Gasteiger partial charge is 0.444 e. The van der Waals surface area contributed by atoms with Crippen LogP contribution in [-0.4, -0.2) is 67.3 Å². The van der Waals surface area contributed by atoms with Gasteiger partial charge in [-0.1, -0.05) is 13.8 Å². The van der Waals surface area contributed by atoms with Crippen LogP contribution in [0.15, 0.2) is 0 Å². The lowest BCUT2D eigenvalue weighted by molar-refractivity contribution is 0.0168. The van der Waals surface area contributed by atoms with Gasteiger partial charge in [0.2, 0.25) is 0 Å². The van der Waals surface area contributed by atoms with Gasteiger partial charge in [-0.25, -0.2) is 4.79 Å². The molecule has 0 aromatic rings. The van der Waals surface area contributed by atoms with E-state index in [0.29, 0.717) is 0 Å². The minimum atomic E-state index is -0.394. The van der Waals surface area contributed by atoms with E-state index in [4.69, 9.17) is 4.74 Å². The molecule has 0 unspecified atom stereocenters. The van der Waals surface area contributed by atoms with E-state index in [1.54, 1.807) is 0 Å². The highest BCUT2D eigenvalue weighted by Gasteiger charge is 2.27. The number of carbonyl (C=O) groups excluding carboxylic acids is 1. The molecule has 22 heavy (non-hydrogen) atoms. The van der Waals surface area contributed by atoms with Crippen LogP contribution in [0.1, 0.15) is 47.5 Å². The van der Waals surface area contributed by atoms with Crippen molar-refractivity contribution in [3.05, 3.63) is 0 Å². The average Bonchev–Trinajstić information content (AvgIpc) is 2.49. The summed E-state index contributed by atoms with van der Waals surface area (Å²) >= 11 is 0. The molecule has 1 amide bonds. The maximum atomic E-state index is 12.0. The zero-order valence-electron chi connectivity index (χ0n) is 15.2. The third-order valence-electron chi connectivity index (χ3n) is 3.99. The fraction of sp³-hybridized carbons (Fsp3) is 0.941. The first-order chi connectivity index (χ1) is 10.4. The monoisotopic (exact) mass is 313 g/mol. The summed E-state index contributed by atoms with van der Waals surface area (Å²) in [6, 6.07) is 0. The predicted octanol–water partition coefficient (Wildman–Crippen LogP) is 2.56. The van der Waals surface area contributed by atoms with Gasteiger partial charge in [0, 0.05) is 45.8 Å². The van der Waals surface area contributed by atoms with Gasteiger partial charge in [0.1, 0.15) is 5.60 Å². The van der Waals surface area contributed by atoms with Crippen LogP contribution < -0.4 is 5.32 Å². The van der Waals surface area contributed by atoms with Crippen molar-refractivity contribution in [1.29, 1.82) is 0 Å². The second-order valence-electron chi connectivity index (χ2n) is 6.96. The van der Waals surface area contributed by atoms with Crippen LogP contribution in [0.2, 0.25) is 0 Å². The lowest BCUT2D eigenvalue weighted by atomic mass is 9.96. The first-order valence-electron chi connectivity index (χ1n) is 8.85. The minimum Gasteiger partial charge on any atom is -0.444 e. The van der Waals surface area contributed by atoms with E-state index in [1.165, 1.54) is 6.54 Å². The fourth-order valence-corrected chi connectivity index (χ4v) is 2.88. The van der Waals surface area contributed by atoms with Gasteiger partial charge in [-0.2, -0.15) is 0 Å². The molecule has 2 aliphatic heterocycles. The first-order valence-corrected chi connectivity index (χ1v) is 8.85. The van der Waals surface area contributed by atoms with Crippen LogP contribution in [0.4, 0.5) is 4.79 Å². The normalized spacial score (nSPS) is 21.0. The number of likely N-dealkylation sites (tertiary alicyclic amines) is 1. The summed E-state index contributed by atoms with van der Waals surface area (Å²) in [7, 11) is 0. The van der Waals surface area contributed by atoms with E-state index in [1.807, 2.05) is 39.5 Å². The number of rotatable bonds is 2. The number of ether oxygens (including phenoxy) is 1. The van der Waals surface area contributed by atoms with Crippen molar-refractivity contribution in [3.8, 4) is 0 Å². The summed E-state index contributed by atoms with van der Waals surface area (Å²) in [5, 5.41) is 3.38. The molecule has 0 atom stereocenters. The standard InChI is InChI=1S/C15H29N3O2.C2H6/c1-15(2,3)20-14(19)18-8-4-13(5-9-18)12-17-10-6-16-7-11-17;1-2/h13,16H,4-12H2,1-3H3;1-2H3. The SMILES string of the molecule is CC.CC(C)(C)OC(=O)N1CCC(CN2CCNCC2)CC1. The van der Waals surface area contributed by atoms with E-state index in [2.05, 4.69) is 10.2 Å². The lowest BCUT2D eigenvalue weighted by Gasteiger charge is -2.36. The van der Waals surface area contributed by atoms with E-state index >= 15 is 0 Å². The Labute approximate surface area is 136 Å². The molecule has 2 saturated heterocycles. The van der Waals surface area contributed by atoms with Gasteiger partial charge in [0.25, 0.3) is 0 Å². The fourth-order valence-electron chi connectivity index (χ4n) is 2.88. The zero-order valence-corrected chi connectivity index (χ0v) is 15.2. The van der Waals surface area contributed by atoms with Crippen LogP contribution >= 0.6 is 0 Å². The number of carbonyl (C=O) groups is 1. The minimum absolute atomic E-state index is 0.155. The summed E-state index contributed by atoms with van der Waals surface area (Å²) in [6.45, 7) is 17.2. The number of amides is 1. The number of piperazine rings is 1. The zero-order chi connectivity index (χ0) is 16.6. The molecule has 2 fully saturated rings. The summed E-state index contributed by atoms with van der Waals surface area (Å²) < 4.78 is 5.43. The molecular formula is C17H35N3O2. The molecule has 0 bridgehead atoms. The van der Waals surface area contributed by atoms with Crippen molar-refractivity contribution >= 4 is 6.09 Å². The Morgan fingerprint density at radius 2 is 1.64 bits per heavy atom. The Hall–Kier alpha value is -0.810. The topological polar surface area (TPSA) is 44.8 Å². The second kappa shape index (κ2) is 9.36. The number of piperidine rings is 1. The van der Waals surface area contributed by atoms with Crippen LogP contribution in [0.3, 0.4) is 0 Å². The van der Waals surface area contributed by atoms with Crippen molar-refractivity contribution in [1.82, 2.24) is 15.1 Å². The van der Waals surface area contributed by atoms with E-state index < -0.39 is 5.60 Å². The van der Waals surface area contributed by atoms with Gasteiger partial charge in [-0.3, -0.25) is 0 Å². The average molecular weight is 313 g/mol. The van der Waals surface area contributed by atoms with E-state index in [9.17, 15) is 4.79 Å². The van der Waals surface area contributed by atoms with Crippen molar-refractivity contribution in [2.75, 3.05) is 45.8 Å². The van der Waals surface area contributed by atoms with Crippen LogP contribution in [0, 0.1) is 5.92 Å². The molecule has 0 spiro atoms. The van der Waals surface area contributed by atoms with E-state index in [0.717, 1.165) is 58.0 Å². The summed E-state index contributed by atoms with van der Waals surface area (Å²) in [5.74, 6) is 0.729. The maximum Gasteiger partial charge on any atom is 0.410 e. The molecule has 2 heterocycles. The van der Waals surface area contributed by atoms with Crippen molar-refractivity contribution in [3.63, 3.8) is 0 Å². The number of hydrogen-bond donors (Lipinski definition) is 1. The third kappa shape index (κ3) is 6.97. The molecule has 5 heteroatoms. The molecule has 5 nitrogen and oxygen atoms in total. The Morgan fingerprint density at radius 3 is 2.14 bits per heavy atom. The van der Waals surface area contributed by atoms with Gasteiger partial charge in [0.05, 0.1) is 0 Å². The molecule has 2 aliphatic rings. The smallest absolute Gasteiger partial charge is 0.410 e. The third-order valence-corrected chi connectivity index (χ3v) is 3.99. The van der Waals surface area contributed by atoms with Crippen molar-refractivity contribution in [2.24, 2.45) is 5.92 Å². The first kappa shape index (κ1) is 19.2. The molecule has 0 aromatic carbocycles. The van der Waals surface area contributed by atoms with Crippen molar-refractivity contribution < 1.29 is 9.53 Å². The molecule has 0 aromatic heterocycles. The van der Waals surface area contributed by atoms with Gasteiger partial charge < -0.3 is 19.9 Å². The molecule has 130 valence electrons. The number of nitrogens with zero attached hydrogens (tertiary/aromatic N) is 2. The molecular weight excluding hydrogens is 278 g/mol. The van der Waals surface area contributed by atoms with Gasteiger partial charge in [0.15, 0.2) is 0 Å². The summed E-state index contributed by atoms with van der Waals surface area (Å²) in [5.41, 5.74) is -0.394. The maximum absolute atomic E-state index is 12.0. The van der Waals surface area contributed by atoms with Gasteiger partial charge in [-0.05, 0) is 39.5 Å². The highest BCUT2D eigenvalue weighted by atomic mass is 16.6. The van der Waals surface area contributed by atoms with Crippen molar-refractivity contribution in [2.45, 2.75) is 53.1 Å². The highest BCUT2D eigenvalue weighted by molar-refractivity contribution is 5.68. The summed E-state index contributed by atoms with van der Waals surface area (Å²) in [4.78, 5) is 16.4. The predicted molar refractivity (Wildman–Crippen MR) is 91.2 cm³/mol. The Morgan fingerprint density at radius 1 is 1.09 bits per heavy atom. The lowest BCUT2D eigenvalue weighted by Crippen LogP contribution is -2.47. The number of nitrogens with one attached hydrogen (secondary N) is 1. The second-order valence-corrected chi connectivity index (χ2v) is 6.96. The van der Waals surface area contributed by atoms with Crippen LogP contribution in [0.25, 0.3) is 0 Å². The van der Waals surface area contributed by atoms with Gasteiger partial charge >= 0.3 is 6.09 Å². The quantitative estimate of drug-likeness (QED) is 0.851. The van der Waals surface area contributed by atoms with Crippen LogP contribution in [0.5, 0.6) is 0 Å². The Balaban J connectivity index is 0.00000116. The molecule has 0 radical (unpaired) electrons. The van der Waals surface area contributed by atoms with Crippen LogP contribution in [-0.2, 0) is 4.74 Å². The molecule has 2 rings (SSSR count). The molecule has 0 aliphatic carbocycles. The summed E-state index contributed by atoms with van der Waals surface area (Å²) in [6.07, 6.45) is 2.05. The highest BCUT2D eigenvalue weighted by Crippen LogP contribution is 2.20. The Kier molecular flexibility index (Phi) is 8.18. The molecule has 0 saturated carbocycles. The van der Waals surface area contributed by atoms with Gasteiger partial charge in [-0.15, -0.1) is 0 Å².